The molecule has 0 amide bonds. The fraction of sp³-hybridized carbons (Fsp3) is 0. The number of carbonyl (C=O) groups is 1. The van der Waals surface area contributed by atoms with Crippen molar-refractivity contribution >= 4 is 33.1 Å². The van der Waals surface area contributed by atoms with E-state index >= 15 is 0 Å². The number of esters is 1. The van der Waals surface area contributed by atoms with E-state index in [0.717, 1.165) is 27.1 Å². The summed E-state index contributed by atoms with van der Waals surface area (Å²) in [5.41, 5.74) is 1.15. The van der Waals surface area contributed by atoms with Gasteiger partial charge in [-0.2, -0.15) is 0 Å². The molecule has 0 aliphatic rings. The average Bonchev–Trinajstić information content (AvgIpc) is 2.67. The van der Waals surface area contributed by atoms with Crippen LogP contribution >= 0.6 is 0 Å². The van der Waals surface area contributed by atoms with Crippen LogP contribution in [0.4, 0.5) is 0 Å². The summed E-state index contributed by atoms with van der Waals surface area (Å²) in [6, 6.07) is 27.3. The largest absolute Gasteiger partial charge is 0.422 e. The number of ether oxygens (including phenoxy) is 1. The zero-order valence-corrected chi connectivity index (χ0v) is 13.6. The molecule has 0 saturated carbocycles. The van der Waals surface area contributed by atoms with Gasteiger partial charge in [-0.15, -0.1) is 0 Å². The van der Waals surface area contributed by atoms with Crippen molar-refractivity contribution in [1.29, 1.82) is 0 Å². The molecule has 0 aliphatic heterocycles. The molecule has 0 unspecified atom stereocenters. The van der Waals surface area contributed by atoms with Gasteiger partial charge in [0.05, 0.1) is 5.57 Å². The smallest absolute Gasteiger partial charge is 0.343 e. The molecule has 120 valence electrons. The Bertz CT molecular complexity index is 1100. The van der Waals surface area contributed by atoms with Gasteiger partial charge in [-0.3, -0.25) is 0 Å². The zero-order chi connectivity index (χ0) is 17.2. The molecule has 0 N–H and O–H groups in total. The lowest BCUT2D eigenvalue weighted by molar-refractivity contribution is -0.127. The Morgan fingerprint density at radius 1 is 0.680 bits per heavy atom. The second-order valence-corrected chi connectivity index (χ2v) is 5.87. The van der Waals surface area contributed by atoms with Gasteiger partial charge < -0.3 is 4.74 Å². The summed E-state index contributed by atoms with van der Waals surface area (Å²) < 4.78 is 5.65. The lowest BCUT2D eigenvalue weighted by atomic mass is 9.99. The number of hydrogen-bond acceptors (Lipinski definition) is 2. The van der Waals surface area contributed by atoms with E-state index in [-0.39, 0.29) is 0 Å². The summed E-state index contributed by atoms with van der Waals surface area (Å²) in [7, 11) is 0. The summed E-state index contributed by atoms with van der Waals surface area (Å²) in [5.74, 6) is 0.109. The molecule has 4 aromatic carbocycles. The molecule has 0 spiro atoms. The zero-order valence-electron chi connectivity index (χ0n) is 13.6. The van der Waals surface area contributed by atoms with E-state index in [1.807, 2.05) is 78.9 Å². The average molecular weight is 324 g/mol. The third kappa shape index (κ3) is 2.79. The first kappa shape index (κ1) is 15.2. The lowest BCUT2D eigenvalue weighted by Gasteiger charge is -2.11. The van der Waals surface area contributed by atoms with Crippen LogP contribution < -0.4 is 4.74 Å². The van der Waals surface area contributed by atoms with Crippen molar-refractivity contribution < 1.29 is 9.53 Å². The highest BCUT2D eigenvalue weighted by molar-refractivity contribution is 6.20. The topological polar surface area (TPSA) is 26.3 Å². The molecule has 4 rings (SSSR count). The van der Waals surface area contributed by atoms with Gasteiger partial charge in [0.25, 0.3) is 0 Å². The van der Waals surface area contributed by atoms with Crippen molar-refractivity contribution in [2.75, 3.05) is 0 Å². The van der Waals surface area contributed by atoms with Gasteiger partial charge >= 0.3 is 5.97 Å². The second-order valence-electron chi connectivity index (χ2n) is 5.87. The Balaban J connectivity index is 1.70. The molecule has 0 aromatic heterocycles. The first-order chi connectivity index (χ1) is 12.2. The fourth-order valence-electron chi connectivity index (χ4n) is 3.04. The van der Waals surface area contributed by atoms with Gasteiger partial charge in [-0.1, -0.05) is 85.4 Å². The predicted molar refractivity (Wildman–Crippen MR) is 103 cm³/mol. The molecule has 0 atom stereocenters. The molecule has 0 saturated heterocycles. The molecule has 2 heteroatoms. The molecule has 0 heterocycles. The Morgan fingerprint density at radius 2 is 1.24 bits per heavy atom. The summed E-state index contributed by atoms with van der Waals surface area (Å²) in [4.78, 5) is 12.7. The van der Waals surface area contributed by atoms with Crippen LogP contribution in [0.3, 0.4) is 0 Å². The Hall–Kier alpha value is -3.39. The van der Waals surface area contributed by atoms with Crippen LogP contribution in [-0.2, 0) is 4.79 Å². The van der Waals surface area contributed by atoms with E-state index in [4.69, 9.17) is 4.74 Å². The van der Waals surface area contributed by atoms with Crippen molar-refractivity contribution in [1.82, 2.24) is 0 Å². The standard InChI is InChI=1S/C23H16O2/c1-16(19-14-6-10-17-8-2-4-12-20(17)19)23(24)25-22-15-7-11-18-9-3-5-13-21(18)22/h2-15H,1H2. The minimum atomic E-state index is -0.437. The monoisotopic (exact) mass is 324 g/mol. The molecule has 25 heavy (non-hydrogen) atoms. The molecule has 4 aromatic rings. The van der Waals surface area contributed by atoms with Gasteiger partial charge in [0.2, 0.25) is 0 Å². The minimum Gasteiger partial charge on any atom is -0.422 e. The summed E-state index contributed by atoms with van der Waals surface area (Å²) in [6.07, 6.45) is 0. The molecule has 0 bridgehead atoms. The predicted octanol–water partition coefficient (Wildman–Crippen LogP) is 5.61. The molecule has 0 fully saturated rings. The SMILES string of the molecule is C=C(C(=O)Oc1cccc2ccccc12)c1cccc2ccccc12. The van der Waals surface area contributed by atoms with E-state index in [1.54, 1.807) is 6.07 Å². The van der Waals surface area contributed by atoms with Crippen molar-refractivity contribution in [2.24, 2.45) is 0 Å². The van der Waals surface area contributed by atoms with E-state index < -0.39 is 5.97 Å². The van der Waals surface area contributed by atoms with E-state index in [2.05, 4.69) is 6.58 Å². The molecular formula is C23H16O2. The van der Waals surface area contributed by atoms with Crippen molar-refractivity contribution in [3.05, 3.63) is 97.1 Å². The summed E-state index contributed by atoms with van der Waals surface area (Å²) in [5, 5.41) is 4.00. The number of carbonyl (C=O) groups excluding carboxylic acids is 1. The van der Waals surface area contributed by atoms with Crippen LogP contribution in [0.2, 0.25) is 0 Å². The van der Waals surface area contributed by atoms with Gasteiger partial charge in [-0.05, 0) is 27.8 Å². The first-order valence-electron chi connectivity index (χ1n) is 8.11. The third-order valence-electron chi connectivity index (χ3n) is 4.31. The van der Waals surface area contributed by atoms with Gasteiger partial charge in [-0.25, -0.2) is 4.79 Å². The van der Waals surface area contributed by atoms with Gasteiger partial charge in [0.15, 0.2) is 0 Å². The normalized spacial score (nSPS) is 10.7. The Labute approximate surface area is 146 Å². The summed E-state index contributed by atoms with van der Waals surface area (Å²) in [6.45, 7) is 3.98. The number of fused-ring (bicyclic) bond motifs is 2. The second kappa shape index (κ2) is 6.25. The summed E-state index contributed by atoms with van der Waals surface area (Å²) >= 11 is 0. The minimum absolute atomic E-state index is 0.352. The Kier molecular flexibility index (Phi) is 3.79. The highest BCUT2D eigenvalue weighted by atomic mass is 16.5. The van der Waals surface area contributed by atoms with Crippen molar-refractivity contribution in [2.45, 2.75) is 0 Å². The molecule has 2 nitrogen and oxygen atoms in total. The molecular weight excluding hydrogens is 308 g/mol. The number of hydrogen-bond donors (Lipinski definition) is 0. The lowest BCUT2D eigenvalue weighted by Crippen LogP contribution is -2.10. The van der Waals surface area contributed by atoms with E-state index in [9.17, 15) is 4.79 Å². The van der Waals surface area contributed by atoms with Crippen LogP contribution in [0.25, 0.3) is 27.1 Å². The van der Waals surface area contributed by atoms with Gasteiger partial charge in [0.1, 0.15) is 5.75 Å². The van der Waals surface area contributed by atoms with Crippen LogP contribution in [0.1, 0.15) is 5.56 Å². The van der Waals surface area contributed by atoms with E-state index in [1.165, 1.54) is 0 Å². The van der Waals surface area contributed by atoms with Crippen LogP contribution in [0.15, 0.2) is 91.5 Å². The number of benzene rings is 4. The molecule has 0 radical (unpaired) electrons. The maximum atomic E-state index is 12.7. The maximum Gasteiger partial charge on any atom is 0.343 e. The van der Waals surface area contributed by atoms with Crippen molar-refractivity contribution in [3.63, 3.8) is 0 Å². The first-order valence-corrected chi connectivity index (χ1v) is 8.11. The van der Waals surface area contributed by atoms with Crippen LogP contribution in [0, 0.1) is 0 Å². The quantitative estimate of drug-likeness (QED) is 0.278. The highest BCUT2D eigenvalue weighted by Gasteiger charge is 2.15. The fourth-order valence-corrected chi connectivity index (χ4v) is 3.04. The van der Waals surface area contributed by atoms with Crippen molar-refractivity contribution in [3.8, 4) is 5.75 Å². The van der Waals surface area contributed by atoms with Crippen LogP contribution in [0.5, 0.6) is 5.75 Å². The van der Waals surface area contributed by atoms with Gasteiger partial charge in [0, 0.05) is 5.39 Å². The Morgan fingerprint density at radius 3 is 2.00 bits per heavy atom. The highest BCUT2D eigenvalue weighted by Crippen LogP contribution is 2.29. The van der Waals surface area contributed by atoms with E-state index in [0.29, 0.717) is 11.3 Å². The maximum absolute atomic E-state index is 12.7. The number of rotatable bonds is 3. The third-order valence-corrected chi connectivity index (χ3v) is 4.31. The molecule has 0 aliphatic carbocycles. The van der Waals surface area contributed by atoms with Crippen LogP contribution in [-0.4, -0.2) is 5.97 Å².